The number of amides is 2. The van der Waals surface area contributed by atoms with E-state index in [1.807, 2.05) is 45.0 Å². The predicted octanol–water partition coefficient (Wildman–Crippen LogP) is 5.23. The van der Waals surface area contributed by atoms with Crippen molar-refractivity contribution in [2.24, 2.45) is 5.92 Å². The Morgan fingerprint density at radius 2 is 1.62 bits per heavy atom. The third-order valence-electron chi connectivity index (χ3n) is 6.14. The second-order valence-corrected chi connectivity index (χ2v) is 12.5. The maximum absolute atomic E-state index is 14.0. The van der Waals surface area contributed by atoms with Crippen LogP contribution in [-0.2, 0) is 26.2 Å². The van der Waals surface area contributed by atoms with Gasteiger partial charge in [-0.2, -0.15) is 0 Å². The maximum atomic E-state index is 14.0. The summed E-state index contributed by atoms with van der Waals surface area (Å²) in [5, 5.41) is 2.89. The van der Waals surface area contributed by atoms with Gasteiger partial charge in [0.15, 0.2) is 0 Å². The molecule has 0 spiro atoms. The third kappa shape index (κ3) is 8.32. The molecule has 1 N–H and O–H groups in total. The lowest BCUT2D eigenvalue weighted by molar-refractivity contribution is -0.139. The number of hydrogen-bond acceptors (Lipinski definition) is 5. The largest absolute Gasteiger partial charge is 0.494 e. The number of nitrogens with one attached hydrogen (secondary N) is 1. The number of hydrogen-bond donors (Lipinski definition) is 1. The molecule has 0 saturated heterocycles. The van der Waals surface area contributed by atoms with Crippen LogP contribution in [0.3, 0.4) is 0 Å². The lowest BCUT2D eigenvalue weighted by Crippen LogP contribution is -2.51. The number of benzene rings is 3. The minimum atomic E-state index is -4.12. The Labute approximate surface area is 245 Å². The van der Waals surface area contributed by atoms with Crippen molar-refractivity contribution in [1.29, 1.82) is 0 Å². The molecule has 10 heteroatoms. The zero-order valence-electron chi connectivity index (χ0n) is 23.2. The van der Waals surface area contributed by atoms with Crippen LogP contribution < -0.4 is 14.4 Å². The van der Waals surface area contributed by atoms with Crippen molar-refractivity contribution in [3.05, 3.63) is 88.9 Å². The van der Waals surface area contributed by atoms with Gasteiger partial charge in [-0.3, -0.25) is 13.9 Å². The summed E-state index contributed by atoms with van der Waals surface area (Å²) >= 11 is 3.46. The van der Waals surface area contributed by atoms with E-state index in [4.69, 9.17) is 4.74 Å². The molecule has 0 fully saturated rings. The van der Waals surface area contributed by atoms with Crippen molar-refractivity contribution < 1.29 is 22.7 Å². The summed E-state index contributed by atoms with van der Waals surface area (Å²) < 4.78 is 35.1. The highest BCUT2D eigenvalue weighted by Crippen LogP contribution is 2.27. The van der Waals surface area contributed by atoms with Crippen LogP contribution in [0.2, 0.25) is 0 Å². The molecule has 3 aromatic rings. The van der Waals surface area contributed by atoms with Crippen LogP contribution in [0.25, 0.3) is 0 Å². The van der Waals surface area contributed by atoms with Gasteiger partial charge in [0.05, 0.1) is 17.2 Å². The molecule has 40 heavy (non-hydrogen) atoms. The van der Waals surface area contributed by atoms with Gasteiger partial charge in [0, 0.05) is 17.6 Å². The van der Waals surface area contributed by atoms with Crippen molar-refractivity contribution in [3.8, 4) is 5.75 Å². The highest BCUT2D eigenvalue weighted by atomic mass is 79.9. The van der Waals surface area contributed by atoms with Gasteiger partial charge in [-0.15, -0.1) is 0 Å². The molecule has 0 aliphatic heterocycles. The number of carbonyl (C=O) groups is 2. The van der Waals surface area contributed by atoms with E-state index in [2.05, 4.69) is 21.2 Å². The zero-order valence-corrected chi connectivity index (χ0v) is 25.6. The molecule has 0 unspecified atom stereocenters. The predicted molar refractivity (Wildman–Crippen MR) is 161 cm³/mol. The Balaban J connectivity index is 2.00. The molecule has 0 radical (unpaired) electrons. The Kier molecular flexibility index (Phi) is 11.2. The molecule has 3 rings (SSSR count). The summed E-state index contributed by atoms with van der Waals surface area (Å²) in [7, 11) is -4.12. The summed E-state index contributed by atoms with van der Waals surface area (Å²) in [6.45, 7) is 8.03. The van der Waals surface area contributed by atoms with E-state index in [1.165, 1.54) is 17.0 Å². The summed E-state index contributed by atoms with van der Waals surface area (Å²) in [5.41, 5.74) is 1.10. The highest BCUT2D eigenvalue weighted by Gasteiger charge is 2.32. The number of rotatable bonds is 13. The Hall–Kier alpha value is -3.37. The first-order valence-corrected chi connectivity index (χ1v) is 15.4. The van der Waals surface area contributed by atoms with E-state index in [-0.39, 0.29) is 23.3 Å². The fourth-order valence-electron chi connectivity index (χ4n) is 3.99. The summed E-state index contributed by atoms with van der Waals surface area (Å²) in [6.07, 6.45) is 0. The summed E-state index contributed by atoms with van der Waals surface area (Å²) in [5.74, 6) is -0.00551. The van der Waals surface area contributed by atoms with Crippen LogP contribution in [0.5, 0.6) is 5.75 Å². The number of sulfonamides is 1. The molecular weight excluding hydrogens is 594 g/mol. The van der Waals surface area contributed by atoms with Gasteiger partial charge in [-0.25, -0.2) is 8.42 Å². The molecule has 2 amide bonds. The summed E-state index contributed by atoms with van der Waals surface area (Å²) in [4.78, 5) is 28.5. The lowest BCUT2D eigenvalue weighted by Gasteiger charge is -2.32. The molecule has 0 saturated carbocycles. The molecule has 214 valence electrons. The normalized spacial score (nSPS) is 12.1. The van der Waals surface area contributed by atoms with Crippen LogP contribution in [0.4, 0.5) is 5.69 Å². The quantitative estimate of drug-likeness (QED) is 0.279. The van der Waals surface area contributed by atoms with E-state index < -0.39 is 28.5 Å². The number of anilines is 1. The van der Waals surface area contributed by atoms with Crippen LogP contribution in [0.1, 0.15) is 33.3 Å². The second-order valence-electron chi connectivity index (χ2n) is 9.72. The standard InChI is InChI=1S/C30H36BrN3O5S/c1-5-39-27-16-14-26(15-17-27)34(40(37,38)28-12-7-6-8-13-28)21-29(35)33(20-24-10-9-11-25(31)18-24)23(4)30(36)32-19-22(2)3/h6-18,22-23H,5,19-21H2,1-4H3,(H,32,36)/t23-/m1/s1. The average Bonchev–Trinajstić information content (AvgIpc) is 2.94. The lowest BCUT2D eigenvalue weighted by atomic mass is 10.1. The number of carbonyl (C=O) groups excluding carboxylic acids is 2. The number of nitrogens with zero attached hydrogens (tertiary/aromatic N) is 2. The van der Waals surface area contributed by atoms with Crippen molar-refractivity contribution in [1.82, 2.24) is 10.2 Å². The second kappa shape index (κ2) is 14.3. The molecule has 0 aliphatic rings. The van der Waals surface area contributed by atoms with E-state index in [1.54, 1.807) is 49.4 Å². The van der Waals surface area contributed by atoms with Gasteiger partial charge in [0.25, 0.3) is 10.0 Å². The summed E-state index contributed by atoms with van der Waals surface area (Å²) in [6, 6.07) is 21.1. The highest BCUT2D eigenvalue weighted by molar-refractivity contribution is 9.10. The van der Waals surface area contributed by atoms with Crippen molar-refractivity contribution >= 4 is 43.5 Å². The average molecular weight is 631 g/mol. The first kappa shape index (κ1) is 31.2. The zero-order chi connectivity index (χ0) is 29.3. The fourth-order valence-corrected chi connectivity index (χ4v) is 5.87. The van der Waals surface area contributed by atoms with E-state index in [0.717, 1.165) is 14.3 Å². The van der Waals surface area contributed by atoms with Gasteiger partial charge in [0.1, 0.15) is 18.3 Å². The molecular formula is C30H36BrN3O5S. The van der Waals surface area contributed by atoms with Gasteiger partial charge in [-0.1, -0.05) is 60.1 Å². The molecule has 0 aromatic heterocycles. The molecule has 0 heterocycles. The maximum Gasteiger partial charge on any atom is 0.264 e. The van der Waals surface area contributed by atoms with Crippen LogP contribution in [0.15, 0.2) is 88.2 Å². The molecule has 0 aliphatic carbocycles. The first-order valence-electron chi connectivity index (χ1n) is 13.1. The van der Waals surface area contributed by atoms with Gasteiger partial charge < -0.3 is 15.0 Å². The van der Waals surface area contributed by atoms with Gasteiger partial charge in [-0.05, 0) is 73.9 Å². The monoisotopic (exact) mass is 629 g/mol. The van der Waals surface area contributed by atoms with Gasteiger partial charge in [0.2, 0.25) is 11.8 Å². The molecule has 8 nitrogen and oxygen atoms in total. The Morgan fingerprint density at radius 1 is 0.950 bits per heavy atom. The van der Waals surface area contributed by atoms with Crippen LogP contribution in [-0.4, -0.2) is 50.9 Å². The Morgan fingerprint density at radius 3 is 2.23 bits per heavy atom. The van der Waals surface area contributed by atoms with Crippen molar-refractivity contribution in [2.75, 3.05) is 24.0 Å². The van der Waals surface area contributed by atoms with E-state index in [0.29, 0.717) is 24.6 Å². The Bertz CT molecular complexity index is 1380. The van der Waals surface area contributed by atoms with Gasteiger partial charge >= 0.3 is 0 Å². The SMILES string of the molecule is CCOc1ccc(N(CC(=O)N(Cc2cccc(Br)c2)[C@H](C)C(=O)NCC(C)C)S(=O)(=O)c2ccccc2)cc1. The number of halogens is 1. The van der Waals surface area contributed by atoms with Crippen LogP contribution >= 0.6 is 15.9 Å². The smallest absolute Gasteiger partial charge is 0.264 e. The molecule has 1 atom stereocenters. The van der Waals surface area contributed by atoms with E-state index in [9.17, 15) is 18.0 Å². The van der Waals surface area contributed by atoms with E-state index >= 15 is 0 Å². The van der Waals surface area contributed by atoms with Crippen molar-refractivity contribution in [2.45, 2.75) is 45.2 Å². The fraction of sp³-hybridized carbons (Fsp3) is 0.333. The third-order valence-corrected chi connectivity index (χ3v) is 8.42. The minimum Gasteiger partial charge on any atom is -0.494 e. The van der Waals surface area contributed by atoms with Crippen molar-refractivity contribution in [3.63, 3.8) is 0 Å². The van der Waals surface area contributed by atoms with Crippen LogP contribution in [0, 0.1) is 5.92 Å². The first-order chi connectivity index (χ1) is 19.0. The number of ether oxygens (including phenoxy) is 1. The minimum absolute atomic E-state index is 0.0537. The topological polar surface area (TPSA) is 96.0 Å². The molecule has 3 aromatic carbocycles. The molecule has 0 bridgehead atoms.